The Hall–Kier alpha value is -3.76. The number of rotatable bonds is 6. The van der Waals surface area contributed by atoms with Crippen molar-refractivity contribution in [3.8, 4) is 17.3 Å². The molecule has 7 nitrogen and oxygen atoms in total. The second-order valence-corrected chi connectivity index (χ2v) is 6.47. The Morgan fingerprint density at radius 3 is 2.71 bits per heavy atom. The molecule has 28 heavy (non-hydrogen) atoms. The summed E-state index contributed by atoms with van der Waals surface area (Å²) in [4.78, 5) is 21.2. The van der Waals surface area contributed by atoms with Crippen molar-refractivity contribution in [2.75, 3.05) is 19.5 Å². The Balaban J connectivity index is 1.84. The number of aromatic nitrogens is 2. The Morgan fingerprint density at radius 1 is 1.21 bits per heavy atom. The van der Waals surface area contributed by atoms with Crippen molar-refractivity contribution in [1.82, 2.24) is 14.9 Å². The highest BCUT2D eigenvalue weighted by Crippen LogP contribution is 2.19. The number of nitrogens with zero attached hydrogens (tertiary/aromatic N) is 4. The maximum absolute atomic E-state index is 12.2. The van der Waals surface area contributed by atoms with Gasteiger partial charge in [0.2, 0.25) is 5.95 Å². The Bertz CT molecular complexity index is 1080. The average molecular weight is 372 g/mol. The zero-order valence-electron chi connectivity index (χ0n) is 15.7. The average Bonchev–Trinajstić information content (AvgIpc) is 2.68. The molecule has 7 heteroatoms. The van der Waals surface area contributed by atoms with E-state index in [-0.39, 0.29) is 11.5 Å². The van der Waals surface area contributed by atoms with Crippen LogP contribution >= 0.6 is 0 Å². The zero-order valence-corrected chi connectivity index (χ0v) is 15.7. The molecule has 0 saturated heterocycles. The second kappa shape index (κ2) is 8.75. The first-order valence-corrected chi connectivity index (χ1v) is 8.69. The molecule has 0 aliphatic heterocycles. The first-order chi connectivity index (χ1) is 13.6. The molecule has 0 spiro atoms. The number of aromatic amines is 1. The van der Waals surface area contributed by atoms with Crippen LogP contribution < -0.4 is 11.0 Å². The predicted molar refractivity (Wildman–Crippen MR) is 110 cm³/mol. The molecule has 0 unspecified atom stereocenters. The molecule has 0 saturated carbocycles. The van der Waals surface area contributed by atoms with E-state index in [0.29, 0.717) is 11.3 Å². The highest BCUT2D eigenvalue weighted by atomic mass is 16.1. The SMILES string of the molecule is CN(C)Cc1cccc(C=NNc2nc(-c3ccccc3)c(C#N)c(=O)[nH]2)c1. The summed E-state index contributed by atoms with van der Waals surface area (Å²) in [6, 6.07) is 19.0. The van der Waals surface area contributed by atoms with Gasteiger partial charge in [0.1, 0.15) is 11.6 Å². The molecule has 0 atom stereocenters. The van der Waals surface area contributed by atoms with E-state index in [4.69, 9.17) is 0 Å². The topological polar surface area (TPSA) is 97.2 Å². The molecule has 140 valence electrons. The minimum Gasteiger partial charge on any atom is -0.305 e. The van der Waals surface area contributed by atoms with E-state index in [0.717, 1.165) is 12.1 Å². The normalized spacial score (nSPS) is 10.9. The van der Waals surface area contributed by atoms with Crippen LogP contribution in [0.1, 0.15) is 16.7 Å². The highest BCUT2D eigenvalue weighted by Gasteiger charge is 2.12. The first-order valence-electron chi connectivity index (χ1n) is 8.69. The smallest absolute Gasteiger partial charge is 0.270 e. The summed E-state index contributed by atoms with van der Waals surface area (Å²) < 4.78 is 0. The molecule has 0 aliphatic carbocycles. The van der Waals surface area contributed by atoms with Crippen LogP contribution in [0.25, 0.3) is 11.3 Å². The van der Waals surface area contributed by atoms with Gasteiger partial charge in [0.05, 0.1) is 11.9 Å². The lowest BCUT2D eigenvalue weighted by atomic mass is 10.1. The van der Waals surface area contributed by atoms with Crippen molar-refractivity contribution in [1.29, 1.82) is 5.26 Å². The van der Waals surface area contributed by atoms with Crippen LogP contribution in [0.15, 0.2) is 64.5 Å². The van der Waals surface area contributed by atoms with Crippen LogP contribution in [0.5, 0.6) is 0 Å². The van der Waals surface area contributed by atoms with Gasteiger partial charge in [-0.1, -0.05) is 48.5 Å². The zero-order chi connectivity index (χ0) is 19.9. The summed E-state index contributed by atoms with van der Waals surface area (Å²) >= 11 is 0. The third kappa shape index (κ3) is 4.69. The molecule has 2 aromatic carbocycles. The molecule has 1 heterocycles. The molecule has 2 N–H and O–H groups in total. The number of anilines is 1. The molecule has 0 amide bonds. The van der Waals surface area contributed by atoms with Crippen molar-refractivity contribution in [2.24, 2.45) is 5.10 Å². The molecular weight excluding hydrogens is 352 g/mol. The van der Waals surface area contributed by atoms with Crippen molar-refractivity contribution in [3.05, 3.63) is 81.6 Å². The number of hydrogen-bond acceptors (Lipinski definition) is 6. The summed E-state index contributed by atoms with van der Waals surface area (Å²) in [5, 5.41) is 13.5. The van der Waals surface area contributed by atoms with E-state index in [1.165, 1.54) is 5.56 Å². The summed E-state index contributed by atoms with van der Waals surface area (Å²) in [7, 11) is 4.03. The van der Waals surface area contributed by atoms with Crippen molar-refractivity contribution < 1.29 is 0 Å². The molecule has 0 radical (unpaired) electrons. The quantitative estimate of drug-likeness (QED) is 0.512. The predicted octanol–water partition coefficient (Wildman–Crippen LogP) is 2.82. The van der Waals surface area contributed by atoms with Crippen LogP contribution in [-0.4, -0.2) is 35.2 Å². The number of hydrazone groups is 1. The minimum atomic E-state index is -0.512. The molecule has 1 aromatic heterocycles. The van der Waals surface area contributed by atoms with Crippen molar-refractivity contribution in [3.63, 3.8) is 0 Å². The van der Waals surface area contributed by atoms with Crippen molar-refractivity contribution in [2.45, 2.75) is 6.54 Å². The molecule has 0 bridgehead atoms. The van der Waals surface area contributed by atoms with Gasteiger partial charge in [-0.3, -0.25) is 9.78 Å². The van der Waals surface area contributed by atoms with E-state index >= 15 is 0 Å². The molecule has 3 aromatic rings. The van der Waals surface area contributed by atoms with Gasteiger partial charge in [-0.25, -0.2) is 10.4 Å². The number of nitriles is 1. The molecule has 0 aliphatic rings. The third-order valence-electron chi connectivity index (χ3n) is 3.91. The van der Waals surface area contributed by atoms with E-state index < -0.39 is 5.56 Å². The van der Waals surface area contributed by atoms with Gasteiger partial charge in [0.15, 0.2) is 0 Å². The Labute approximate surface area is 163 Å². The van der Waals surface area contributed by atoms with Crippen LogP contribution in [-0.2, 0) is 6.54 Å². The molecule has 3 rings (SSSR count). The number of nitrogens with one attached hydrogen (secondary N) is 2. The fourth-order valence-corrected chi connectivity index (χ4v) is 2.74. The van der Waals surface area contributed by atoms with Gasteiger partial charge in [0, 0.05) is 12.1 Å². The van der Waals surface area contributed by atoms with E-state index in [2.05, 4.69) is 31.5 Å². The fraction of sp³-hybridized carbons (Fsp3) is 0.143. The van der Waals surface area contributed by atoms with Gasteiger partial charge >= 0.3 is 0 Å². The van der Waals surface area contributed by atoms with Crippen LogP contribution in [0.2, 0.25) is 0 Å². The minimum absolute atomic E-state index is 0.0304. The number of H-pyrrole nitrogens is 1. The van der Waals surface area contributed by atoms with E-state index in [9.17, 15) is 10.1 Å². The van der Waals surface area contributed by atoms with E-state index in [1.54, 1.807) is 18.3 Å². The summed E-state index contributed by atoms with van der Waals surface area (Å²) in [6.45, 7) is 0.833. The van der Waals surface area contributed by atoms with E-state index in [1.807, 2.05) is 56.6 Å². The highest BCUT2D eigenvalue weighted by molar-refractivity contribution is 5.80. The monoisotopic (exact) mass is 372 g/mol. The summed E-state index contributed by atoms with van der Waals surface area (Å²) in [5.74, 6) is 0.170. The van der Waals surface area contributed by atoms with Crippen LogP contribution in [0.3, 0.4) is 0 Å². The van der Waals surface area contributed by atoms with Gasteiger partial charge in [-0.2, -0.15) is 10.4 Å². The first kappa shape index (κ1) is 19.0. The van der Waals surface area contributed by atoms with Gasteiger partial charge in [-0.15, -0.1) is 0 Å². The summed E-state index contributed by atoms with van der Waals surface area (Å²) in [6.07, 6.45) is 1.65. The molecular formula is C21H20N6O. The lowest BCUT2D eigenvalue weighted by Crippen LogP contribution is -2.16. The van der Waals surface area contributed by atoms with Gasteiger partial charge in [-0.05, 0) is 31.3 Å². The number of benzene rings is 2. The third-order valence-corrected chi connectivity index (χ3v) is 3.91. The van der Waals surface area contributed by atoms with Gasteiger partial charge < -0.3 is 4.90 Å². The number of hydrogen-bond donors (Lipinski definition) is 2. The lowest BCUT2D eigenvalue weighted by Gasteiger charge is -2.09. The lowest BCUT2D eigenvalue weighted by molar-refractivity contribution is 0.402. The maximum Gasteiger partial charge on any atom is 0.270 e. The summed E-state index contributed by atoms with van der Waals surface area (Å²) in [5.41, 5.74) is 5.30. The van der Waals surface area contributed by atoms with Crippen LogP contribution in [0.4, 0.5) is 5.95 Å². The molecule has 0 fully saturated rings. The van der Waals surface area contributed by atoms with Crippen LogP contribution in [0, 0.1) is 11.3 Å². The standard InChI is InChI=1S/C21H20N6O/c1-27(2)14-16-8-6-7-15(11-16)13-23-26-21-24-19(17-9-4-3-5-10-17)18(12-22)20(28)25-21/h3-11,13H,14H2,1-2H3,(H2,24,25,26,28). The van der Waals surface area contributed by atoms with Gasteiger partial charge in [0.25, 0.3) is 5.56 Å². The van der Waals surface area contributed by atoms with Crippen molar-refractivity contribution >= 4 is 12.2 Å². The fourth-order valence-electron chi connectivity index (χ4n) is 2.74. The largest absolute Gasteiger partial charge is 0.305 e. The Kier molecular flexibility index (Phi) is 5.94. The second-order valence-electron chi connectivity index (χ2n) is 6.47. The maximum atomic E-state index is 12.2. The Morgan fingerprint density at radius 2 is 2.00 bits per heavy atom.